The fraction of sp³-hybridized carbons (Fsp3) is 0.250. The van der Waals surface area contributed by atoms with Gasteiger partial charge < -0.3 is 4.74 Å². The Bertz CT molecular complexity index is 327. The summed E-state index contributed by atoms with van der Waals surface area (Å²) < 4.78 is 17.7. The van der Waals surface area contributed by atoms with E-state index in [0.717, 1.165) is 6.07 Å². The van der Waals surface area contributed by atoms with Gasteiger partial charge in [-0.15, -0.1) is 0 Å². The van der Waals surface area contributed by atoms with E-state index in [-0.39, 0.29) is 12.3 Å². The molecule has 0 aromatic heterocycles. The van der Waals surface area contributed by atoms with Crippen LogP contribution in [0.25, 0.3) is 0 Å². The van der Waals surface area contributed by atoms with Crippen molar-refractivity contribution in [2.24, 2.45) is 0 Å². The zero-order chi connectivity index (χ0) is 9.84. The van der Waals surface area contributed by atoms with E-state index in [1.807, 2.05) is 0 Å². The summed E-state index contributed by atoms with van der Waals surface area (Å²) in [6.07, 6.45) is 0. The van der Waals surface area contributed by atoms with Gasteiger partial charge in [0.25, 0.3) is 5.69 Å². The predicted molar refractivity (Wildman–Crippen MR) is 43.8 cm³/mol. The highest BCUT2D eigenvalue weighted by Crippen LogP contribution is 2.16. The van der Waals surface area contributed by atoms with Gasteiger partial charge in [-0.25, -0.2) is 4.39 Å². The molecule has 0 aliphatic rings. The van der Waals surface area contributed by atoms with Crippen molar-refractivity contribution >= 4 is 5.69 Å². The van der Waals surface area contributed by atoms with Gasteiger partial charge in [-0.05, 0) is 6.07 Å². The summed E-state index contributed by atoms with van der Waals surface area (Å²) >= 11 is 0. The lowest BCUT2D eigenvalue weighted by molar-refractivity contribution is -0.385. The van der Waals surface area contributed by atoms with Gasteiger partial charge in [0.2, 0.25) is 0 Å². The SMILES string of the molecule is COCc1ccc([N+](=O)[O-])cc1F. The summed E-state index contributed by atoms with van der Waals surface area (Å²) in [5.41, 5.74) is 0.0606. The minimum Gasteiger partial charge on any atom is -0.380 e. The van der Waals surface area contributed by atoms with E-state index in [2.05, 4.69) is 0 Å². The quantitative estimate of drug-likeness (QED) is 0.533. The number of halogens is 1. The normalized spacial score (nSPS) is 10.0. The Morgan fingerprint density at radius 1 is 1.62 bits per heavy atom. The number of nitro benzene ring substituents is 1. The highest BCUT2D eigenvalue weighted by molar-refractivity contribution is 5.33. The second kappa shape index (κ2) is 3.95. The lowest BCUT2D eigenvalue weighted by Crippen LogP contribution is -1.95. The molecule has 70 valence electrons. The molecule has 0 aliphatic heterocycles. The van der Waals surface area contributed by atoms with Crippen LogP contribution in [0.1, 0.15) is 5.56 Å². The Kier molecular flexibility index (Phi) is 2.92. The number of nitrogens with zero attached hydrogens (tertiary/aromatic N) is 1. The van der Waals surface area contributed by atoms with Gasteiger partial charge in [0.15, 0.2) is 0 Å². The van der Waals surface area contributed by atoms with Crippen LogP contribution in [-0.2, 0) is 11.3 Å². The van der Waals surface area contributed by atoms with Crippen molar-refractivity contribution < 1.29 is 14.1 Å². The average Bonchev–Trinajstić information content (AvgIpc) is 2.08. The maximum atomic E-state index is 13.0. The highest BCUT2D eigenvalue weighted by atomic mass is 19.1. The van der Waals surface area contributed by atoms with Gasteiger partial charge in [0.1, 0.15) is 5.82 Å². The average molecular weight is 185 g/mol. The minimum atomic E-state index is -0.639. The molecule has 0 aliphatic carbocycles. The van der Waals surface area contributed by atoms with Crippen molar-refractivity contribution in [2.75, 3.05) is 7.11 Å². The largest absolute Gasteiger partial charge is 0.380 e. The Hall–Kier alpha value is -1.49. The lowest BCUT2D eigenvalue weighted by atomic mass is 10.2. The molecular formula is C8H8FNO3. The Balaban J connectivity index is 2.98. The second-order valence-electron chi connectivity index (χ2n) is 2.47. The third-order valence-electron chi connectivity index (χ3n) is 1.55. The lowest BCUT2D eigenvalue weighted by Gasteiger charge is -2.00. The first-order valence-electron chi connectivity index (χ1n) is 3.57. The molecule has 0 saturated carbocycles. The number of non-ortho nitro benzene ring substituents is 1. The number of benzene rings is 1. The molecule has 0 saturated heterocycles. The Labute approximate surface area is 74.1 Å². The van der Waals surface area contributed by atoms with Crippen LogP contribution in [0, 0.1) is 15.9 Å². The molecule has 0 spiro atoms. The summed E-state index contributed by atoms with van der Waals surface area (Å²) in [7, 11) is 1.43. The van der Waals surface area contributed by atoms with Crippen molar-refractivity contribution in [3.05, 3.63) is 39.7 Å². The first-order valence-corrected chi connectivity index (χ1v) is 3.57. The van der Waals surface area contributed by atoms with Crippen LogP contribution in [0.4, 0.5) is 10.1 Å². The van der Waals surface area contributed by atoms with Crippen LogP contribution in [0.2, 0.25) is 0 Å². The molecule has 0 heterocycles. The van der Waals surface area contributed by atoms with Crippen LogP contribution >= 0.6 is 0 Å². The second-order valence-corrected chi connectivity index (χ2v) is 2.47. The van der Waals surface area contributed by atoms with Crippen molar-refractivity contribution in [1.29, 1.82) is 0 Å². The van der Waals surface area contributed by atoms with E-state index in [1.54, 1.807) is 0 Å². The molecule has 13 heavy (non-hydrogen) atoms. The van der Waals surface area contributed by atoms with Crippen LogP contribution in [0.5, 0.6) is 0 Å². The summed E-state index contributed by atoms with van der Waals surface area (Å²) in [6, 6.07) is 3.47. The fourth-order valence-electron chi connectivity index (χ4n) is 0.922. The summed E-state index contributed by atoms with van der Waals surface area (Å²) in [4.78, 5) is 9.59. The third kappa shape index (κ3) is 2.22. The monoisotopic (exact) mass is 185 g/mol. The molecule has 0 fully saturated rings. The van der Waals surface area contributed by atoms with Gasteiger partial charge in [0, 0.05) is 18.7 Å². The molecule has 4 nitrogen and oxygen atoms in total. The standard InChI is InChI=1S/C8H8FNO3/c1-13-5-6-2-3-7(10(11)12)4-8(6)9/h2-4H,5H2,1H3. The van der Waals surface area contributed by atoms with Gasteiger partial charge in [-0.2, -0.15) is 0 Å². The number of rotatable bonds is 3. The molecule has 0 amide bonds. The number of hydrogen-bond donors (Lipinski definition) is 0. The Morgan fingerprint density at radius 2 is 2.31 bits per heavy atom. The molecule has 0 radical (unpaired) electrons. The van der Waals surface area contributed by atoms with Gasteiger partial charge in [0.05, 0.1) is 17.6 Å². The van der Waals surface area contributed by atoms with Crippen molar-refractivity contribution in [2.45, 2.75) is 6.61 Å². The molecule has 1 aromatic carbocycles. The zero-order valence-electron chi connectivity index (χ0n) is 6.99. The fourth-order valence-corrected chi connectivity index (χ4v) is 0.922. The van der Waals surface area contributed by atoms with Gasteiger partial charge in [-0.1, -0.05) is 0 Å². The van der Waals surface area contributed by atoms with Crippen molar-refractivity contribution in [1.82, 2.24) is 0 Å². The van der Waals surface area contributed by atoms with E-state index >= 15 is 0 Å². The smallest absolute Gasteiger partial charge is 0.272 e. The summed E-state index contributed by atoms with van der Waals surface area (Å²) in [5.74, 6) is -0.615. The number of methoxy groups -OCH3 is 1. The van der Waals surface area contributed by atoms with E-state index in [0.29, 0.717) is 5.56 Å². The van der Waals surface area contributed by atoms with Gasteiger partial charge >= 0.3 is 0 Å². The molecule has 1 rings (SSSR count). The van der Waals surface area contributed by atoms with E-state index in [1.165, 1.54) is 19.2 Å². The molecule has 1 aromatic rings. The maximum absolute atomic E-state index is 13.0. The van der Waals surface area contributed by atoms with Crippen molar-refractivity contribution in [3.8, 4) is 0 Å². The molecule has 0 N–H and O–H groups in total. The number of nitro groups is 1. The highest BCUT2D eigenvalue weighted by Gasteiger charge is 2.09. The molecule has 0 atom stereocenters. The molecule has 0 unspecified atom stereocenters. The molecular weight excluding hydrogens is 177 g/mol. The van der Waals surface area contributed by atoms with Crippen LogP contribution in [0.3, 0.4) is 0 Å². The van der Waals surface area contributed by atoms with Gasteiger partial charge in [-0.3, -0.25) is 10.1 Å². The van der Waals surface area contributed by atoms with E-state index < -0.39 is 10.7 Å². The topological polar surface area (TPSA) is 52.4 Å². The zero-order valence-corrected chi connectivity index (χ0v) is 6.99. The maximum Gasteiger partial charge on any atom is 0.272 e. The van der Waals surface area contributed by atoms with Crippen LogP contribution < -0.4 is 0 Å². The predicted octanol–water partition coefficient (Wildman–Crippen LogP) is 1.88. The first-order chi connectivity index (χ1) is 6.15. The van der Waals surface area contributed by atoms with Crippen LogP contribution in [0.15, 0.2) is 18.2 Å². The minimum absolute atomic E-state index is 0.115. The number of hydrogen-bond acceptors (Lipinski definition) is 3. The van der Waals surface area contributed by atoms with E-state index in [4.69, 9.17) is 4.74 Å². The number of ether oxygens (including phenoxy) is 1. The molecule has 5 heteroatoms. The summed E-state index contributed by atoms with van der Waals surface area (Å²) in [6.45, 7) is 0.115. The van der Waals surface area contributed by atoms with E-state index in [9.17, 15) is 14.5 Å². The summed E-state index contributed by atoms with van der Waals surface area (Å²) in [5, 5.41) is 10.2. The van der Waals surface area contributed by atoms with Crippen molar-refractivity contribution in [3.63, 3.8) is 0 Å². The Morgan fingerprint density at radius 3 is 2.77 bits per heavy atom. The third-order valence-corrected chi connectivity index (χ3v) is 1.55. The first kappa shape index (κ1) is 9.60. The van der Waals surface area contributed by atoms with Crippen LogP contribution in [-0.4, -0.2) is 12.0 Å². The molecule has 0 bridgehead atoms.